The van der Waals surface area contributed by atoms with Gasteiger partial charge in [-0.2, -0.15) is 0 Å². The third kappa shape index (κ3) is 2.74. The third-order valence-electron chi connectivity index (χ3n) is 4.90. The fourth-order valence-corrected chi connectivity index (χ4v) is 3.09. The van der Waals surface area contributed by atoms with E-state index in [1.165, 1.54) is 18.4 Å². The first-order valence-corrected chi connectivity index (χ1v) is 8.16. The van der Waals surface area contributed by atoms with Gasteiger partial charge in [0.05, 0.1) is 6.61 Å². The van der Waals surface area contributed by atoms with E-state index in [9.17, 15) is 9.18 Å². The molecule has 0 saturated heterocycles. The van der Waals surface area contributed by atoms with Crippen molar-refractivity contribution in [2.75, 3.05) is 13.2 Å². The summed E-state index contributed by atoms with van der Waals surface area (Å²) < 4.78 is 19.7. The maximum absolute atomic E-state index is 14.0. The Morgan fingerprint density at radius 1 is 1.41 bits per heavy atom. The maximum Gasteiger partial charge on any atom is 0.260 e. The molecule has 3 aliphatic rings. The lowest BCUT2D eigenvalue weighted by Gasteiger charge is -2.30. The van der Waals surface area contributed by atoms with E-state index in [2.05, 4.69) is 4.98 Å². The summed E-state index contributed by atoms with van der Waals surface area (Å²) in [4.78, 5) is 18.1. The van der Waals surface area contributed by atoms with Gasteiger partial charge in [-0.25, -0.2) is 4.39 Å². The second-order valence-corrected chi connectivity index (χ2v) is 6.84. The Balaban J connectivity index is 1.44. The Morgan fingerprint density at radius 3 is 2.95 bits per heavy atom. The fourth-order valence-electron chi connectivity index (χ4n) is 3.09. The monoisotopic (exact) mass is 304 g/mol. The van der Waals surface area contributed by atoms with E-state index in [0.29, 0.717) is 32.5 Å². The molecule has 0 unspecified atom stereocenters. The molecule has 0 aromatic carbocycles. The first kappa shape index (κ1) is 14.1. The van der Waals surface area contributed by atoms with Gasteiger partial charge in [0, 0.05) is 32.1 Å². The SMILES string of the molecule is O=C(N1CCc2c(COCC3CC3)cncc2C1)C1(F)CC1. The number of hydrogen-bond donors (Lipinski definition) is 0. The average Bonchev–Trinajstić information content (AvgIpc) is 3.44. The first-order valence-electron chi connectivity index (χ1n) is 8.16. The van der Waals surface area contributed by atoms with Gasteiger partial charge in [0.25, 0.3) is 5.91 Å². The number of hydrogen-bond acceptors (Lipinski definition) is 3. The van der Waals surface area contributed by atoms with Gasteiger partial charge in [0.15, 0.2) is 5.67 Å². The third-order valence-corrected chi connectivity index (χ3v) is 4.90. The lowest BCUT2D eigenvalue weighted by atomic mass is 9.97. The van der Waals surface area contributed by atoms with Crippen LogP contribution in [0.3, 0.4) is 0 Å². The van der Waals surface area contributed by atoms with Crippen molar-refractivity contribution in [1.82, 2.24) is 9.88 Å². The minimum Gasteiger partial charge on any atom is -0.376 e. The Hall–Kier alpha value is -1.49. The average molecular weight is 304 g/mol. The molecular weight excluding hydrogens is 283 g/mol. The van der Waals surface area contributed by atoms with E-state index in [4.69, 9.17) is 4.74 Å². The number of carbonyl (C=O) groups excluding carboxylic acids is 1. The molecule has 2 aliphatic carbocycles. The Kier molecular flexibility index (Phi) is 3.40. The lowest BCUT2D eigenvalue weighted by Crippen LogP contribution is -2.42. The maximum atomic E-state index is 14.0. The molecule has 118 valence electrons. The van der Waals surface area contributed by atoms with Gasteiger partial charge in [-0.05, 0) is 54.7 Å². The van der Waals surface area contributed by atoms with Crippen LogP contribution in [-0.2, 0) is 29.1 Å². The predicted molar refractivity (Wildman–Crippen MR) is 78.8 cm³/mol. The minimum absolute atomic E-state index is 0.339. The zero-order valence-electron chi connectivity index (χ0n) is 12.7. The molecule has 1 aromatic heterocycles. The van der Waals surface area contributed by atoms with Crippen LogP contribution in [0.2, 0.25) is 0 Å². The van der Waals surface area contributed by atoms with Gasteiger partial charge < -0.3 is 9.64 Å². The fraction of sp³-hybridized carbons (Fsp3) is 0.647. The zero-order chi connectivity index (χ0) is 15.2. The van der Waals surface area contributed by atoms with Crippen LogP contribution >= 0.6 is 0 Å². The summed E-state index contributed by atoms with van der Waals surface area (Å²) in [6, 6.07) is 0. The zero-order valence-corrected chi connectivity index (χ0v) is 12.7. The van der Waals surface area contributed by atoms with Gasteiger partial charge in [0.2, 0.25) is 0 Å². The van der Waals surface area contributed by atoms with Gasteiger partial charge in [0.1, 0.15) is 0 Å². The molecule has 1 aliphatic heterocycles. The molecule has 2 fully saturated rings. The van der Waals surface area contributed by atoms with Gasteiger partial charge >= 0.3 is 0 Å². The van der Waals surface area contributed by atoms with E-state index >= 15 is 0 Å². The molecule has 4 rings (SSSR count). The van der Waals surface area contributed by atoms with Crippen LogP contribution in [0.25, 0.3) is 0 Å². The molecule has 0 radical (unpaired) electrons. The molecule has 2 heterocycles. The van der Waals surface area contributed by atoms with E-state index in [1.54, 1.807) is 11.1 Å². The van der Waals surface area contributed by atoms with Crippen LogP contribution in [-0.4, -0.2) is 34.6 Å². The van der Waals surface area contributed by atoms with Crippen LogP contribution in [0.4, 0.5) is 4.39 Å². The molecule has 1 aromatic rings. The second kappa shape index (κ2) is 5.30. The largest absolute Gasteiger partial charge is 0.376 e. The number of aromatic nitrogens is 1. The second-order valence-electron chi connectivity index (χ2n) is 6.84. The predicted octanol–water partition coefficient (Wildman–Crippen LogP) is 2.40. The summed E-state index contributed by atoms with van der Waals surface area (Å²) in [7, 11) is 0. The first-order chi connectivity index (χ1) is 10.7. The Morgan fingerprint density at radius 2 is 2.23 bits per heavy atom. The topological polar surface area (TPSA) is 42.4 Å². The van der Waals surface area contributed by atoms with Gasteiger partial charge in [-0.1, -0.05) is 0 Å². The summed E-state index contributed by atoms with van der Waals surface area (Å²) in [6.07, 6.45) is 7.75. The molecule has 0 N–H and O–H groups in total. The van der Waals surface area contributed by atoms with Crippen molar-refractivity contribution in [3.05, 3.63) is 29.1 Å². The summed E-state index contributed by atoms with van der Waals surface area (Å²) in [5.74, 6) is 0.411. The number of alkyl halides is 1. The van der Waals surface area contributed by atoms with Crippen LogP contribution in [0.1, 0.15) is 42.4 Å². The number of nitrogens with zero attached hydrogens (tertiary/aromatic N) is 2. The Labute approximate surface area is 129 Å². The van der Waals surface area contributed by atoms with Crippen LogP contribution < -0.4 is 0 Å². The van der Waals surface area contributed by atoms with Crippen molar-refractivity contribution in [1.29, 1.82) is 0 Å². The normalized spacial score (nSPS) is 22.3. The Bertz CT molecular complexity index is 596. The van der Waals surface area contributed by atoms with Crippen molar-refractivity contribution in [3.8, 4) is 0 Å². The van der Waals surface area contributed by atoms with E-state index in [1.807, 2.05) is 6.20 Å². The summed E-state index contributed by atoms with van der Waals surface area (Å²) in [5.41, 5.74) is 1.82. The van der Waals surface area contributed by atoms with Crippen molar-refractivity contribution in [3.63, 3.8) is 0 Å². The van der Waals surface area contributed by atoms with Gasteiger partial charge in [-0.3, -0.25) is 9.78 Å². The molecule has 0 atom stereocenters. The molecule has 22 heavy (non-hydrogen) atoms. The summed E-state index contributed by atoms with van der Waals surface area (Å²) in [6.45, 7) is 2.49. The summed E-state index contributed by atoms with van der Waals surface area (Å²) in [5, 5.41) is 0. The lowest BCUT2D eigenvalue weighted by molar-refractivity contribution is -0.139. The molecule has 0 spiro atoms. The highest BCUT2D eigenvalue weighted by Crippen LogP contribution is 2.42. The van der Waals surface area contributed by atoms with E-state index in [0.717, 1.165) is 30.1 Å². The van der Waals surface area contributed by atoms with Crippen LogP contribution in [0, 0.1) is 5.92 Å². The molecule has 0 bridgehead atoms. The number of fused-ring (bicyclic) bond motifs is 1. The molecule has 4 nitrogen and oxygen atoms in total. The number of halogens is 1. The van der Waals surface area contributed by atoms with E-state index in [-0.39, 0.29) is 5.91 Å². The van der Waals surface area contributed by atoms with E-state index < -0.39 is 5.67 Å². The highest BCUT2D eigenvalue weighted by atomic mass is 19.1. The van der Waals surface area contributed by atoms with Crippen molar-refractivity contribution in [2.45, 2.75) is 50.9 Å². The number of ether oxygens (including phenoxy) is 1. The quantitative estimate of drug-likeness (QED) is 0.839. The molecule has 5 heteroatoms. The smallest absolute Gasteiger partial charge is 0.260 e. The van der Waals surface area contributed by atoms with Crippen LogP contribution in [0.5, 0.6) is 0 Å². The van der Waals surface area contributed by atoms with Crippen molar-refractivity contribution in [2.24, 2.45) is 5.92 Å². The number of pyridine rings is 1. The number of rotatable bonds is 5. The van der Waals surface area contributed by atoms with Crippen LogP contribution in [0.15, 0.2) is 12.4 Å². The molecule has 2 saturated carbocycles. The minimum atomic E-state index is -1.57. The summed E-state index contributed by atoms with van der Waals surface area (Å²) >= 11 is 0. The van der Waals surface area contributed by atoms with Crippen molar-refractivity contribution < 1.29 is 13.9 Å². The highest BCUT2D eigenvalue weighted by molar-refractivity contribution is 5.88. The molecule has 1 amide bonds. The standard InChI is InChI=1S/C17H21FN2O2/c18-17(4-5-17)16(21)20-6-3-15-13(9-20)7-19-8-14(15)11-22-10-12-1-2-12/h7-8,12H,1-6,9-11H2. The van der Waals surface area contributed by atoms with Gasteiger partial charge in [-0.15, -0.1) is 0 Å². The number of carbonyl (C=O) groups is 1. The van der Waals surface area contributed by atoms with Crippen molar-refractivity contribution >= 4 is 5.91 Å². The molecular formula is C17H21FN2O2. The highest BCUT2D eigenvalue weighted by Gasteiger charge is 2.53. The number of amides is 1.